The van der Waals surface area contributed by atoms with Crippen LogP contribution in [0.5, 0.6) is 5.75 Å². The standard InChI is InChI=1S/C17H19ClO5S2/c1-11(2)15-10-16(18)12(3)8-17(15)23-25(21,22)14-7-5-6-13(9-14)24(4,19)20/h5-11H,1-4H3. The Hall–Kier alpha value is -1.57. The van der Waals surface area contributed by atoms with E-state index in [2.05, 4.69) is 0 Å². The second-order valence-electron chi connectivity index (χ2n) is 6.08. The van der Waals surface area contributed by atoms with Crippen molar-refractivity contribution >= 4 is 31.6 Å². The smallest absolute Gasteiger partial charge is 0.339 e. The molecular formula is C17H19ClO5S2. The zero-order valence-electron chi connectivity index (χ0n) is 14.3. The molecule has 0 bridgehead atoms. The van der Waals surface area contributed by atoms with Gasteiger partial charge in [-0.1, -0.05) is 31.5 Å². The summed E-state index contributed by atoms with van der Waals surface area (Å²) >= 11 is 6.12. The van der Waals surface area contributed by atoms with Crippen molar-refractivity contribution in [3.8, 4) is 5.75 Å². The molecule has 0 unspecified atom stereocenters. The normalized spacial score (nSPS) is 12.4. The topological polar surface area (TPSA) is 77.5 Å². The van der Waals surface area contributed by atoms with E-state index in [1.807, 2.05) is 13.8 Å². The molecule has 0 spiro atoms. The molecule has 0 fully saturated rings. The molecule has 0 heterocycles. The maximum absolute atomic E-state index is 12.6. The Labute approximate surface area is 153 Å². The Kier molecular flexibility index (Phi) is 5.51. The van der Waals surface area contributed by atoms with Gasteiger partial charge in [-0.05, 0) is 54.3 Å². The van der Waals surface area contributed by atoms with Gasteiger partial charge in [-0.15, -0.1) is 0 Å². The van der Waals surface area contributed by atoms with Gasteiger partial charge in [-0.2, -0.15) is 8.42 Å². The van der Waals surface area contributed by atoms with Gasteiger partial charge < -0.3 is 4.18 Å². The van der Waals surface area contributed by atoms with Crippen LogP contribution in [0, 0.1) is 6.92 Å². The van der Waals surface area contributed by atoms with E-state index in [0.29, 0.717) is 16.1 Å². The van der Waals surface area contributed by atoms with Crippen molar-refractivity contribution in [3.05, 3.63) is 52.5 Å². The predicted octanol–water partition coefficient (Wildman–Crippen LogP) is 3.94. The third-order valence-corrected chi connectivity index (χ3v) is 6.38. The first-order chi connectivity index (χ1) is 11.4. The van der Waals surface area contributed by atoms with Crippen molar-refractivity contribution in [1.82, 2.24) is 0 Å². The molecule has 0 N–H and O–H groups in total. The van der Waals surface area contributed by atoms with Crippen molar-refractivity contribution in [2.75, 3.05) is 6.26 Å². The highest BCUT2D eigenvalue weighted by atomic mass is 35.5. The van der Waals surface area contributed by atoms with Gasteiger partial charge in [0.2, 0.25) is 0 Å². The van der Waals surface area contributed by atoms with Crippen molar-refractivity contribution < 1.29 is 21.0 Å². The molecule has 2 aromatic carbocycles. The van der Waals surface area contributed by atoms with Gasteiger partial charge in [0.05, 0.1) is 4.90 Å². The number of hydrogen-bond donors (Lipinski definition) is 0. The maximum atomic E-state index is 12.6. The highest BCUT2D eigenvalue weighted by Crippen LogP contribution is 2.34. The number of hydrogen-bond acceptors (Lipinski definition) is 5. The van der Waals surface area contributed by atoms with Crippen LogP contribution < -0.4 is 4.18 Å². The highest BCUT2D eigenvalue weighted by Gasteiger charge is 2.22. The molecule has 8 heteroatoms. The Balaban J connectivity index is 2.52. The lowest BCUT2D eigenvalue weighted by Crippen LogP contribution is -2.12. The third-order valence-electron chi connectivity index (χ3n) is 3.63. The first kappa shape index (κ1) is 19.8. The van der Waals surface area contributed by atoms with Crippen LogP contribution in [0.3, 0.4) is 0 Å². The van der Waals surface area contributed by atoms with Crippen LogP contribution in [0.2, 0.25) is 5.02 Å². The zero-order valence-corrected chi connectivity index (χ0v) is 16.7. The first-order valence-corrected chi connectivity index (χ1v) is 11.1. The monoisotopic (exact) mass is 402 g/mol. The molecule has 0 aliphatic rings. The summed E-state index contributed by atoms with van der Waals surface area (Å²) in [4.78, 5) is -0.314. The second kappa shape index (κ2) is 6.97. The molecule has 0 saturated carbocycles. The van der Waals surface area contributed by atoms with Crippen LogP contribution in [0.25, 0.3) is 0 Å². The van der Waals surface area contributed by atoms with Gasteiger partial charge in [0.1, 0.15) is 10.6 Å². The van der Waals surface area contributed by atoms with E-state index in [-0.39, 0.29) is 21.5 Å². The minimum atomic E-state index is -4.19. The molecule has 0 aliphatic carbocycles. The van der Waals surface area contributed by atoms with Crippen molar-refractivity contribution in [2.24, 2.45) is 0 Å². The molecule has 0 radical (unpaired) electrons. The Bertz CT molecular complexity index is 1010. The third kappa shape index (κ3) is 4.54. The van der Waals surface area contributed by atoms with Gasteiger partial charge in [-0.3, -0.25) is 0 Å². The van der Waals surface area contributed by atoms with Crippen LogP contribution in [0.4, 0.5) is 0 Å². The predicted molar refractivity (Wildman–Crippen MR) is 97.6 cm³/mol. The van der Waals surface area contributed by atoms with E-state index in [9.17, 15) is 16.8 Å². The SMILES string of the molecule is Cc1cc(OS(=O)(=O)c2cccc(S(C)(=O)=O)c2)c(C(C)C)cc1Cl. The summed E-state index contributed by atoms with van der Waals surface area (Å²) in [6.07, 6.45) is 1.01. The highest BCUT2D eigenvalue weighted by molar-refractivity contribution is 7.90. The Morgan fingerprint density at radius 3 is 2.16 bits per heavy atom. The van der Waals surface area contributed by atoms with E-state index in [1.165, 1.54) is 18.2 Å². The van der Waals surface area contributed by atoms with E-state index < -0.39 is 20.0 Å². The summed E-state index contributed by atoms with van der Waals surface area (Å²) in [5, 5.41) is 0.521. The molecule has 0 amide bonds. The van der Waals surface area contributed by atoms with Crippen molar-refractivity contribution in [2.45, 2.75) is 36.5 Å². The number of benzene rings is 2. The number of halogens is 1. The fourth-order valence-corrected chi connectivity index (χ4v) is 4.13. The maximum Gasteiger partial charge on any atom is 0.339 e. The van der Waals surface area contributed by atoms with Crippen LogP contribution in [-0.4, -0.2) is 23.1 Å². The molecule has 0 saturated heterocycles. The van der Waals surface area contributed by atoms with Gasteiger partial charge in [-0.25, -0.2) is 8.42 Å². The molecule has 136 valence electrons. The summed E-state index contributed by atoms with van der Waals surface area (Å²) in [6, 6.07) is 8.32. The second-order valence-corrected chi connectivity index (χ2v) is 10.0. The molecule has 0 aliphatic heterocycles. The quantitative estimate of drug-likeness (QED) is 0.708. The minimum absolute atomic E-state index is 0.00865. The summed E-state index contributed by atoms with van der Waals surface area (Å²) < 4.78 is 53.8. The van der Waals surface area contributed by atoms with Crippen LogP contribution >= 0.6 is 11.6 Å². The van der Waals surface area contributed by atoms with Gasteiger partial charge in [0, 0.05) is 11.3 Å². The minimum Gasteiger partial charge on any atom is -0.379 e. The lowest BCUT2D eigenvalue weighted by molar-refractivity contribution is 0.481. The van der Waals surface area contributed by atoms with Crippen LogP contribution in [0.15, 0.2) is 46.2 Å². The summed E-state index contributed by atoms with van der Waals surface area (Å²) in [6.45, 7) is 5.53. The fraction of sp³-hybridized carbons (Fsp3) is 0.294. The average Bonchev–Trinajstić information content (AvgIpc) is 2.49. The van der Waals surface area contributed by atoms with E-state index in [1.54, 1.807) is 19.1 Å². The molecule has 25 heavy (non-hydrogen) atoms. The number of sulfone groups is 1. The van der Waals surface area contributed by atoms with Gasteiger partial charge >= 0.3 is 10.1 Å². The Morgan fingerprint density at radius 1 is 1.00 bits per heavy atom. The summed E-state index contributed by atoms with van der Waals surface area (Å²) in [5.41, 5.74) is 1.33. The van der Waals surface area contributed by atoms with Crippen molar-refractivity contribution in [3.63, 3.8) is 0 Å². The van der Waals surface area contributed by atoms with Crippen LogP contribution in [-0.2, 0) is 20.0 Å². The van der Waals surface area contributed by atoms with E-state index in [4.69, 9.17) is 15.8 Å². The fourth-order valence-electron chi connectivity index (χ4n) is 2.22. The van der Waals surface area contributed by atoms with Crippen LogP contribution in [0.1, 0.15) is 30.9 Å². The first-order valence-electron chi connectivity index (χ1n) is 7.46. The molecule has 2 rings (SSSR count). The Morgan fingerprint density at radius 2 is 1.60 bits per heavy atom. The van der Waals surface area contributed by atoms with Gasteiger partial charge in [0.25, 0.3) is 0 Å². The largest absolute Gasteiger partial charge is 0.379 e. The lowest BCUT2D eigenvalue weighted by Gasteiger charge is -2.16. The number of aryl methyl sites for hydroxylation is 1. The van der Waals surface area contributed by atoms with Crippen molar-refractivity contribution in [1.29, 1.82) is 0 Å². The molecule has 2 aromatic rings. The van der Waals surface area contributed by atoms with E-state index >= 15 is 0 Å². The number of rotatable bonds is 5. The lowest BCUT2D eigenvalue weighted by atomic mass is 10.0. The molecule has 5 nitrogen and oxygen atoms in total. The summed E-state index contributed by atoms with van der Waals surface area (Å²) in [7, 11) is -7.72. The molecule has 0 atom stereocenters. The molecular weight excluding hydrogens is 384 g/mol. The summed E-state index contributed by atoms with van der Waals surface area (Å²) in [5.74, 6) is 0.173. The average molecular weight is 403 g/mol. The zero-order chi connectivity index (χ0) is 19.0. The van der Waals surface area contributed by atoms with E-state index in [0.717, 1.165) is 12.3 Å². The van der Waals surface area contributed by atoms with Gasteiger partial charge in [0.15, 0.2) is 9.84 Å². The molecule has 0 aromatic heterocycles.